The first-order valence-electron chi connectivity index (χ1n) is 29.5. The van der Waals surface area contributed by atoms with Crippen molar-refractivity contribution in [2.45, 2.75) is 36.8 Å². The smallest absolute Gasteiger partial charge is 0.780 e. The third kappa shape index (κ3) is 21.3. The molecule has 0 N–H and O–H groups in total. The minimum Gasteiger partial charge on any atom is -0.780 e. The molecule has 16 heteroatoms. The first-order chi connectivity index (χ1) is 45.6. The van der Waals surface area contributed by atoms with Gasteiger partial charge in [0.2, 0.25) is 0 Å². The van der Waals surface area contributed by atoms with Crippen LogP contribution in [0.1, 0.15) is 0 Å². The average molecular weight is 1380 g/mol. The van der Waals surface area contributed by atoms with Crippen LogP contribution in [0.25, 0.3) is 0 Å². The number of hydrogen-bond acceptors (Lipinski definition) is 15. The van der Waals surface area contributed by atoms with Crippen molar-refractivity contribution in [3.05, 3.63) is 364 Å². The van der Waals surface area contributed by atoms with Crippen LogP contribution in [0.3, 0.4) is 0 Å². The molecule has 0 amide bonds. The fourth-order valence-corrected chi connectivity index (χ4v) is 8.51. The van der Waals surface area contributed by atoms with Gasteiger partial charge in [-0.05, 0) is 146 Å². The van der Waals surface area contributed by atoms with Gasteiger partial charge in [-0.2, -0.15) is 0 Å². The van der Waals surface area contributed by atoms with Crippen LogP contribution in [0.2, 0.25) is 0 Å². The largest absolute Gasteiger partial charge is 3.00 e. The van der Waals surface area contributed by atoms with Crippen LogP contribution in [-0.4, -0.2) is 36.8 Å². The SMILES string of the molecule is [Ce+3].[O-]C(Oc1ccccc1)(Oc1ccccc1)C(Oc1ccccc1)Oc1ccccc1.[O-]C(Oc1ccccc1)(Oc1ccccc1)C(Oc1ccccc1)Oc1ccccc1.[O-]C(Oc1ccccc1)(Oc1ccccc1)C(Oc1ccccc1)Oc1ccccc1. The third-order valence-corrected chi connectivity index (χ3v) is 12.8. The minimum atomic E-state index is -2.56. The Kier molecular flexibility index (Phi) is 25.5. The molecular weight excluding hydrogens is 1320 g/mol. The second-order valence-corrected chi connectivity index (χ2v) is 19.9. The van der Waals surface area contributed by atoms with Crippen LogP contribution in [0, 0.1) is 41.7 Å². The molecule has 94 heavy (non-hydrogen) atoms. The summed E-state index contributed by atoms with van der Waals surface area (Å²) in [5, 5.41) is 42.2. The Labute approximate surface area is 579 Å². The van der Waals surface area contributed by atoms with Gasteiger partial charge in [-0.15, -0.1) is 0 Å². The maximum Gasteiger partial charge on any atom is 3.00 e. The van der Waals surface area contributed by atoms with E-state index in [1.165, 1.54) is 0 Å². The molecule has 0 bridgehead atoms. The molecule has 0 unspecified atom stereocenters. The van der Waals surface area contributed by atoms with E-state index >= 15 is 0 Å². The van der Waals surface area contributed by atoms with Crippen molar-refractivity contribution >= 4 is 0 Å². The molecule has 1 radical (unpaired) electrons. The number of para-hydroxylation sites is 12. The summed E-state index contributed by atoms with van der Waals surface area (Å²) in [6.45, 7) is 0. The molecule has 15 nitrogen and oxygen atoms in total. The predicted octanol–water partition coefficient (Wildman–Crippen LogP) is 13.9. The van der Waals surface area contributed by atoms with Crippen LogP contribution < -0.4 is 72.2 Å². The van der Waals surface area contributed by atoms with Crippen molar-refractivity contribution in [3.8, 4) is 69.0 Å². The van der Waals surface area contributed by atoms with E-state index in [0.717, 1.165) is 0 Å². The first-order valence-corrected chi connectivity index (χ1v) is 29.5. The molecule has 0 aliphatic rings. The van der Waals surface area contributed by atoms with Gasteiger partial charge in [0.05, 0.1) is 0 Å². The fraction of sp³-hybridized carbons (Fsp3) is 0.0769. The first kappa shape index (κ1) is 67.9. The Bertz CT molecular complexity index is 3300. The van der Waals surface area contributed by atoms with Gasteiger partial charge in [0.25, 0.3) is 17.9 Å². The van der Waals surface area contributed by atoms with E-state index in [-0.39, 0.29) is 41.7 Å². The van der Waals surface area contributed by atoms with Crippen molar-refractivity contribution < 1.29 is 114 Å². The Morgan fingerprint density at radius 3 is 0.362 bits per heavy atom. The summed E-state index contributed by atoms with van der Waals surface area (Å²) in [5.41, 5.74) is 0. The molecule has 0 heterocycles. The zero-order valence-corrected chi connectivity index (χ0v) is 53.6. The van der Waals surface area contributed by atoms with Crippen LogP contribution in [-0.2, 0) is 0 Å². The van der Waals surface area contributed by atoms with Crippen LogP contribution in [0.5, 0.6) is 69.0 Å². The molecule has 469 valence electrons. The molecule has 12 rings (SSSR count). The normalized spacial score (nSPS) is 10.9. The quantitative estimate of drug-likeness (QED) is 0.0443. The molecule has 0 atom stereocenters. The summed E-state index contributed by atoms with van der Waals surface area (Å²) < 4.78 is 70.4. The molecule has 12 aromatic carbocycles. The van der Waals surface area contributed by atoms with Gasteiger partial charge < -0.3 is 72.2 Å². The number of benzene rings is 12. The van der Waals surface area contributed by atoms with Crippen LogP contribution in [0.4, 0.5) is 0 Å². The second kappa shape index (κ2) is 35.4. The molecule has 0 fully saturated rings. The average Bonchev–Trinajstić information content (AvgIpc) is 0.843. The van der Waals surface area contributed by atoms with Crippen LogP contribution >= 0.6 is 0 Å². The number of hydrogen-bond donors (Lipinski definition) is 0. The molecule has 0 aliphatic carbocycles. The van der Waals surface area contributed by atoms with Crippen molar-refractivity contribution in [2.24, 2.45) is 0 Å². The number of ether oxygens (including phenoxy) is 12. The molecule has 12 aromatic rings. The van der Waals surface area contributed by atoms with E-state index in [9.17, 15) is 15.3 Å². The van der Waals surface area contributed by atoms with Crippen molar-refractivity contribution in [1.29, 1.82) is 0 Å². The second-order valence-electron chi connectivity index (χ2n) is 19.9. The number of rotatable bonds is 27. The summed E-state index contributed by atoms with van der Waals surface area (Å²) in [6, 6.07) is 106. The van der Waals surface area contributed by atoms with Crippen molar-refractivity contribution in [2.75, 3.05) is 0 Å². The zero-order valence-electron chi connectivity index (χ0n) is 50.5. The molecule has 0 aliphatic heterocycles. The summed E-state index contributed by atoms with van der Waals surface area (Å²) in [5.74, 6) is -3.08. The van der Waals surface area contributed by atoms with E-state index in [1.807, 2.05) is 72.8 Å². The molecule has 0 aromatic heterocycles. The van der Waals surface area contributed by atoms with E-state index < -0.39 is 36.8 Å². The van der Waals surface area contributed by atoms with Gasteiger partial charge in [-0.3, -0.25) is 0 Å². The Hall–Kier alpha value is -10.5. The van der Waals surface area contributed by atoms with Gasteiger partial charge in [0, 0.05) is 0 Å². The van der Waals surface area contributed by atoms with Gasteiger partial charge in [0.15, 0.2) is 0 Å². The van der Waals surface area contributed by atoms with Gasteiger partial charge in [0.1, 0.15) is 69.0 Å². The minimum absolute atomic E-state index is 0. The molecule has 0 saturated carbocycles. The summed E-state index contributed by atoms with van der Waals surface area (Å²) >= 11 is 0. The van der Waals surface area contributed by atoms with E-state index in [1.54, 1.807) is 291 Å². The van der Waals surface area contributed by atoms with Crippen LogP contribution in [0.15, 0.2) is 364 Å². The Morgan fingerprint density at radius 2 is 0.255 bits per heavy atom. The predicted molar refractivity (Wildman–Crippen MR) is 344 cm³/mol. The Balaban J connectivity index is 0.000000165. The van der Waals surface area contributed by atoms with E-state index in [4.69, 9.17) is 56.8 Å². The van der Waals surface area contributed by atoms with E-state index in [2.05, 4.69) is 0 Å². The summed E-state index contributed by atoms with van der Waals surface area (Å²) in [4.78, 5) is 0. The fourth-order valence-electron chi connectivity index (χ4n) is 8.51. The molecule has 0 saturated heterocycles. The topological polar surface area (TPSA) is 180 Å². The molecular formula is C78H63CeO15. The van der Waals surface area contributed by atoms with Crippen molar-refractivity contribution in [3.63, 3.8) is 0 Å². The zero-order chi connectivity index (χ0) is 64.1. The van der Waals surface area contributed by atoms with E-state index in [0.29, 0.717) is 69.0 Å². The maximum atomic E-state index is 14.1. The molecule has 0 spiro atoms. The maximum absolute atomic E-state index is 14.1. The van der Waals surface area contributed by atoms with Gasteiger partial charge in [-0.25, -0.2) is 0 Å². The Morgan fingerprint density at radius 1 is 0.160 bits per heavy atom. The van der Waals surface area contributed by atoms with Gasteiger partial charge in [-0.1, -0.05) is 218 Å². The third-order valence-electron chi connectivity index (χ3n) is 12.8. The van der Waals surface area contributed by atoms with Gasteiger partial charge >= 0.3 is 60.6 Å². The summed E-state index contributed by atoms with van der Waals surface area (Å²) in [7, 11) is 0. The summed E-state index contributed by atoms with van der Waals surface area (Å²) in [6.07, 6.45) is -4.42. The van der Waals surface area contributed by atoms with Crippen molar-refractivity contribution in [1.82, 2.24) is 0 Å². The monoisotopic (exact) mass is 1380 g/mol. The standard InChI is InChI=1S/3C26H21O5.Ce/c3*27-26(30-23-17-9-3-10-18-23,31-24-19-11-4-12-20-24)25(28-21-13-5-1-6-14-21)29-22-15-7-2-8-16-22;/h3*1-20,25H;/q3*-1;+3.